The molecule has 1 aromatic heterocycles. The van der Waals surface area contributed by atoms with Gasteiger partial charge in [-0.3, -0.25) is 4.79 Å². The Labute approximate surface area is 139 Å². The molecule has 0 atom stereocenters. The van der Waals surface area contributed by atoms with Crippen molar-refractivity contribution >= 4 is 5.91 Å². The van der Waals surface area contributed by atoms with Crippen molar-refractivity contribution in [3.63, 3.8) is 0 Å². The van der Waals surface area contributed by atoms with Gasteiger partial charge in [-0.05, 0) is 48.5 Å². The monoisotopic (exact) mass is 315 g/mol. The lowest BCUT2D eigenvalue weighted by Crippen LogP contribution is -2.13. The maximum absolute atomic E-state index is 11.3. The first-order chi connectivity index (χ1) is 11.7. The highest BCUT2D eigenvalue weighted by atomic mass is 16.5. The Kier molecular flexibility index (Phi) is 4.21. The molecule has 0 aliphatic carbocycles. The quantitative estimate of drug-likeness (QED) is 0.797. The lowest BCUT2D eigenvalue weighted by atomic mass is 10.1. The van der Waals surface area contributed by atoms with Crippen molar-refractivity contribution in [3.05, 3.63) is 78.0 Å². The molecule has 3 aromatic rings. The molecule has 24 heavy (non-hydrogen) atoms. The van der Waals surface area contributed by atoms with Crippen LogP contribution in [0.3, 0.4) is 0 Å². The highest BCUT2D eigenvalue weighted by Crippen LogP contribution is 2.26. The molecule has 0 saturated heterocycles. The summed E-state index contributed by atoms with van der Waals surface area (Å²) in [7, 11) is 0. The van der Waals surface area contributed by atoms with E-state index in [-0.39, 0.29) is 5.69 Å². The smallest absolute Gasteiger partial charge is 0.267 e. The zero-order valence-corrected chi connectivity index (χ0v) is 12.6. The summed E-state index contributed by atoms with van der Waals surface area (Å²) in [6.07, 6.45) is 0. The average Bonchev–Trinajstić information content (AvgIpc) is 2.62. The summed E-state index contributed by atoms with van der Waals surface area (Å²) < 4.78 is 5.73. The van der Waals surface area contributed by atoms with Crippen molar-refractivity contribution in [1.82, 2.24) is 4.98 Å². The van der Waals surface area contributed by atoms with Crippen LogP contribution >= 0.6 is 0 Å². The number of amides is 1. The highest BCUT2D eigenvalue weighted by molar-refractivity contribution is 5.91. The van der Waals surface area contributed by atoms with Crippen LogP contribution in [-0.2, 0) is 0 Å². The second-order valence-electron chi connectivity index (χ2n) is 5.01. The Morgan fingerprint density at radius 3 is 2.25 bits per heavy atom. The number of rotatable bonds is 4. The van der Waals surface area contributed by atoms with Gasteiger partial charge >= 0.3 is 0 Å². The van der Waals surface area contributed by atoms with Gasteiger partial charge in [0.1, 0.15) is 23.3 Å². The number of para-hydroxylation sites is 1. The fourth-order valence-corrected chi connectivity index (χ4v) is 2.21. The number of nitrogens with two attached hydrogens (primary N) is 1. The van der Waals surface area contributed by atoms with Crippen molar-refractivity contribution in [2.45, 2.75) is 0 Å². The topological polar surface area (TPSA) is 89.0 Å². The molecule has 0 bridgehead atoms. The molecule has 1 heterocycles. The van der Waals surface area contributed by atoms with E-state index < -0.39 is 5.91 Å². The third-order valence-electron chi connectivity index (χ3n) is 3.37. The summed E-state index contributed by atoms with van der Waals surface area (Å²) in [4.78, 5) is 15.5. The summed E-state index contributed by atoms with van der Waals surface area (Å²) in [5.41, 5.74) is 6.87. The minimum Gasteiger partial charge on any atom is -0.457 e. The Hall–Kier alpha value is -3.65. The van der Waals surface area contributed by atoms with Gasteiger partial charge in [0.2, 0.25) is 0 Å². The predicted molar refractivity (Wildman–Crippen MR) is 89.4 cm³/mol. The molecule has 0 spiro atoms. The number of carbonyl (C=O) groups is 1. The second kappa shape index (κ2) is 6.63. The first-order valence-corrected chi connectivity index (χ1v) is 7.21. The standard InChI is InChI=1S/C19H13N3O2/c20-12-14-8-11-17(19(21)23)22-18(14)13-6-9-16(10-7-13)24-15-4-2-1-3-5-15/h1-11H,(H2,21,23). The van der Waals surface area contributed by atoms with E-state index in [1.807, 2.05) is 30.3 Å². The second-order valence-corrected chi connectivity index (χ2v) is 5.01. The minimum absolute atomic E-state index is 0.119. The van der Waals surface area contributed by atoms with E-state index in [4.69, 9.17) is 10.5 Å². The van der Waals surface area contributed by atoms with Crippen molar-refractivity contribution in [2.75, 3.05) is 0 Å². The van der Waals surface area contributed by atoms with Crippen LogP contribution in [0, 0.1) is 11.3 Å². The molecule has 5 heteroatoms. The molecule has 0 aliphatic heterocycles. The van der Waals surface area contributed by atoms with Gasteiger partial charge in [0.05, 0.1) is 11.3 Å². The molecule has 116 valence electrons. The van der Waals surface area contributed by atoms with Gasteiger partial charge in [-0.25, -0.2) is 4.98 Å². The molecular weight excluding hydrogens is 302 g/mol. The van der Waals surface area contributed by atoms with Gasteiger partial charge in [0, 0.05) is 5.56 Å². The van der Waals surface area contributed by atoms with E-state index >= 15 is 0 Å². The summed E-state index contributed by atoms with van der Waals surface area (Å²) in [5, 5.41) is 9.23. The van der Waals surface area contributed by atoms with E-state index in [2.05, 4.69) is 11.1 Å². The van der Waals surface area contributed by atoms with Crippen LogP contribution in [0.25, 0.3) is 11.3 Å². The van der Waals surface area contributed by atoms with Crippen LogP contribution < -0.4 is 10.5 Å². The van der Waals surface area contributed by atoms with E-state index in [9.17, 15) is 10.1 Å². The summed E-state index contributed by atoms with van der Waals surface area (Å²) in [5.74, 6) is 0.760. The normalized spacial score (nSPS) is 9.96. The maximum atomic E-state index is 11.3. The van der Waals surface area contributed by atoms with E-state index in [1.54, 1.807) is 24.3 Å². The molecule has 0 aliphatic rings. The van der Waals surface area contributed by atoms with Crippen LogP contribution in [0.4, 0.5) is 0 Å². The van der Waals surface area contributed by atoms with Gasteiger partial charge in [0.25, 0.3) is 5.91 Å². The number of aromatic nitrogens is 1. The SMILES string of the molecule is N#Cc1ccc(C(N)=O)nc1-c1ccc(Oc2ccccc2)cc1. The van der Waals surface area contributed by atoms with E-state index in [0.717, 1.165) is 5.75 Å². The van der Waals surface area contributed by atoms with Crippen LogP contribution in [0.5, 0.6) is 11.5 Å². The number of hydrogen-bond acceptors (Lipinski definition) is 4. The van der Waals surface area contributed by atoms with Crippen molar-refractivity contribution in [1.29, 1.82) is 5.26 Å². The van der Waals surface area contributed by atoms with Crippen LogP contribution in [0.2, 0.25) is 0 Å². The molecule has 0 radical (unpaired) electrons. The molecule has 3 rings (SSSR count). The number of carbonyl (C=O) groups excluding carboxylic acids is 1. The van der Waals surface area contributed by atoms with Gasteiger partial charge in [0.15, 0.2) is 0 Å². The molecular formula is C19H13N3O2. The molecule has 2 aromatic carbocycles. The maximum Gasteiger partial charge on any atom is 0.267 e. The Morgan fingerprint density at radius 2 is 1.62 bits per heavy atom. The lowest BCUT2D eigenvalue weighted by molar-refractivity contribution is 0.0995. The summed E-state index contributed by atoms with van der Waals surface area (Å²) in [6, 6.07) is 21.6. The number of nitriles is 1. The van der Waals surface area contributed by atoms with Crippen molar-refractivity contribution in [2.24, 2.45) is 5.73 Å². The first-order valence-electron chi connectivity index (χ1n) is 7.21. The van der Waals surface area contributed by atoms with E-state index in [0.29, 0.717) is 22.6 Å². The number of primary amides is 1. The van der Waals surface area contributed by atoms with Crippen molar-refractivity contribution < 1.29 is 9.53 Å². The first kappa shape index (κ1) is 15.3. The van der Waals surface area contributed by atoms with Gasteiger partial charge in [-0.2, -0.15) is 5.26 Å². The minimum atomic E-state index is -0.634. The van der Waals surface area contributed by atoms with Gasteiger partial charge in [-0.15, -0.1) is 0 Å². The molecule has 0 unspecified atom stereocenters. The van der Waals surface area contributed by atoms with Crippen LogP contribution in [0.1, 0.15) is 16.1 Å². The predicted octanol–water partition coefficient (Wildman–Crippen LogP) is 3.51. The fraction of sp³-hybridized carbons (Fsp3) is 0. The number of nitrogens with zero attached hydrogens (tertiary/aromatic N) is 2. The van der Waals surface area contributed by atoms with Gasteiger partial charge < -0.3 is 10.5 Å². The highest BCUT2D eigenvalue weighted by Gasteiger charge is 2.11. The molecule has 5 nitrogen and oxygen atoms in total. The van der Waals surface area contributed by atoms with Gasteiger partial charge in [-0.1, -0.05) is 18.2 Å². The number of ether oxygens (including phenoxy) is 1. The third kappa shape index (κ3) is 3.23. The average molecular weight is 315 g/mol. The number of pyridine rings is 1. The Bertz CT molecular complexity index is 914. The fourth-order valence-electron chi connectivity index (χ4n) is 2.21. The van der Waals surface area contributed by atoms with Crippen molar-refractivity contribution in [3.8, 4) is 28.8 Å². The van der Waals surface area contributed by atoms with Crippen LogP contribution in [0.15, 0.2) is 66.7 Å². The third-order valence-corrected chi connectivity index (χ3v) is 3.37. The zero-order chi connectivity index (χ0) is 16.9. The zero-order valence-electron chi connectivity index (χ0n) is 12.6. The van der Waals surface area contributed by atoms with E-state index in [1.165, 1.54) is 12.1 Å². The summed E-state index contributed by atoms with van der Waals surface area (Å²) >= 11 is 0. The summed E-state index contributed by atoms with van der Waals surface area (Å²) in [6.45, 7) is 0. The largest absolute Gasteiger partial charge is 0.457 e. The molecule has 0 fully saturated rings. The van der Waals surface area contributed by atoms with Crippen LogP contribution in [-0.4, -0.2) is 10.9 Å². The lowest BCUT2D eigenvalue weighted by Gasteiger charge is -2.08. The Balaban J connectivity index is 1.92. The molecule has 1 amide bonds. The molecule has 2 N–H and O–H groups in total. The molecule has 0 saturated carbocycles. The number of hydrogen-bond donors (Lipinski definition) is 1. The number of benzene rings is 2. The Morgan fingerprint density at radius 1 is 0.958 bits per heavy atom.